The largest absolute Gasteiger partial charge is 0.493 e. The lowest BCUT2D eigenvalue weighted by Gasteiger charge is -2.35. The lowest BCUT2D eigenvalue weighted by atomic mass is 9.69. The van der Waals surface area contributed by atoms with Gasteiger partial charge in [0.2, 0.25) is 0 Å². The first kappa shape index (κ1) is 24.1. The Morgan fingerprint density at radius 2 is 1.84 bits per heavy atom. The fourth-order valence-corrected chi connectivity index (χ4v) is 5.16. The third kappa shape index (κ3) is 4.94. The van der Waals surface area contributed by atoms with Crippen LogP contribution in [0.2, 0.25) is 0 Å². The summed E-state index contributed by atoms with van der Waals surface area (Å²) in [6.45, 7) is 7.45. The van der Waals surface area contributed by atoms with Gasteiger partial charge in [-0.3, -0.25) is 0 Å². The second-order valence-corrected chi connectivity index (χ2v) is 9.56. The van der Waals surface area contributed by atoms with Gasteiger partial charge < -0.3 is 14.4 Å². The summed E-state index contributed by atoms with van der Waals surface area (Å²) < 4.78 is 10.9. The fraction of sp³-hybridized carbons (Fsp3) is 0.536. The van der Waals surface area contributed by atoms with E-state index < -0.39 is 5.41 Å². The number of ether oxygens (including phenoxy) is 2. The van der Waals surface area contributed by atoms with Crippen LogP contribution < -0.4 is 9.47 Å². The average molecular weight is 435 g/mol. The predicted octanol–water partition coefficient (Wildman–Crippen LogP) is 5.70. The molecule has 1 aliphatic rings. The van der Waals surface area contributed by atoms with E-state index in [0.29, 0.717) is 17.5 Å². The van der Waals surface area contributed by atoms with Crippen molar-refractivity contribution in [3.8, 4) is 17.6 Å². The van der Waals surface area contributed by atoms with E-state index in [-0.39, 0.29) is 5.92 Å². The quantitative estimate of drug-likeness (QED) is 0.508. The van der Waals surface area contributed by atoms with Crippen LogP contribution in [0.25, 0.3) is 0 Å². The van der Waals surface area contributed by atoms with Gasteiger partial charge in [0.1, 0.15) is 0 Å². The molecular formula is C28H38N2O2. The summed E-state index contributed by atoms with van der Waals surface area (Å²) in [7, 11) is 5.52. The number of likely N-dealkylation sites (N-methyl/N-ethyl adjacent to an activating group) is 1. The van der Waals surface area contributed by atoms with Crippen molar-refractivity contribution >= 4 is 0 Å². The van der Waals surface area contributed by atoms with E-state index in [1.807, 2.05) is 18.2 Å². The third-order valence-electron chi connectivity index (χ3n) is 7.35. The normalized spacial score (nSPS) is 17.5. The van der Waals surface area contributed by atoms with Crippen LogP contribution in [0.5, 0.6) is 11.5 Å². The number of aryl methyl sites for hydroxylation is 2. The summed E-state index contributed by atoms with van der Waals surface area (Å²) in [4.78, 5) is 2.50. The van der Waals surface area contributed by atoms with Crippen molar-refractivity contribution in [2.45, 2.75) is 64.3 Å². The molecule has 2 aromatic rings. The van der Waals surface area contributed by atoms with Crippen LogP contribution in [0.4, 0.5) is 0 Å². The molecule has 0 aliphatic heterocycles. The number of hydrogen-bond acceptors (Lipinski definition) is 4. The van der Waals surface area contributed by atoms with Crippen molar-refractivity contribution in [2.75, 3.05) is 27.8 Å². The Labute approximate surface area is 194 Å². The zero-order valence-electron chi connectivity index (χ0n) is 20.6. The van der Waals surface area contributed by atoms with Gasteiger partial charge in [-0.05, 0) is 87.4 Å². The van der Waals surface area contributed by atoms with Crippen LogP contribution in [0.15, 0.2) is 36.4 Å². The molecule has 2 aromatic carbocycles. The van der Waals surface area contributed by atoms with Gasteiger partial charge in [0.25, 0.3) is 0 Å². The van der Waals surface area contributed by atoms with Crippen LogP contribution >= 0.6 is 0 Å². The van der Waals surface area contributed by atoms with Crippen molar-refractivity contribution in [3.05, 3.63) is 58.7 Å². The van der Waals surface area contributed by atoms with Crippen LogP contribution in [0.1, 0.15) is 55.4 Å². The zero-order chi connectivity index (χ0) is 23.3. The van der Waals surface area contributed by atoms with E-state index in [2.05, 4.69) is 57.0 Å². The molecule has 0 spiro atoms. The molecule has 0 fully saturated rings. The first-order chi connectivity index (χ1) is 15.3. The van der Waals surface area contributed by atoms with Gasteiger partial charge in [-0.1, -0.05) is 43.7 Å². The summed E-state index contributed by atoms with van der Waals surface area (Å²) in [6, 6.07) is 16.0. The molecule has 0 saturated carbocycles. The van der Waals surface area contributed by atoms with E-state index in [1.165, 1.54) is 23.1 Å². The summed E-state index contributed by atoms with van der Waals surface area (Å²) in [5.41, 5.74) is 4.84. The molecule has 0 heterocycles. The standard InChI is InChI=1S/C28H38N2O2/c1-20(2)28(19-29,24-11-13-26(31-5)27(18-24)32-6)14-7-15-30(4)25-12-10-22-16-21(3)8-9-23(22)17-25/h8-9,11,13,16,18,20,25H,7,10,12,14-15,17H2,1-6H3. The molecule has 1 aliphatic carbocycles. The van der Waals surface area contributed by atoms with Gasteiger partial charge >= 0.3 is 0 Å². The second-order valence-electron chi connectivity index (χ2n) is 9.56. The topological polar surface area (TPSA) is 45.5 Å². The number of nitriles is 1. The maximum absolute atomic E-state index is 10.3. The van der Waals surface area contributed by atoms with Crippen LogP contribution in [-0.2, 0) is 18.3 Å². The predicted molar refractivity (Wildman–Crippen MR) is 131 cm³/mol. The number of benzene rings is 2. The Hall–Kier alpha value is -2.51. The lowest BCUT2D eigenvalue weighted by Crippen LogP contribution is -2.38. The van der Waals surface area contributed by atoms with E-state index in [1.54, 1.807) is 14.2 Å². The number of methoxy groups -OCH3 is 2. The Morgan fingerprint density at radius 3 is 2.50 bits per heavy atom. The first-order valence-corrected chi connectivity index (χ1v) is 11.8. The molecule has 2 atom stereocenters. The number of nitrogens with zero attached hydrogens (tertiary/aromatic N) is 2. The minimum atomic E-state index is -0.545. The van der Waals surface area contributed by atoms with Crippen LogP contribution in [0.3, 0.4) is 0 Å². The summed E-state index contributed by atoms with van der Waals surface area (Å²) in [6.07, 6.45) is 5.29. The molecule has 0 amide bonds. The molecule has 2 unspecified atom stereocenters. The monoisotopic (exact) mass is 434 g/mol. The van der Waals surface area contributed by atoms with E-state index in [4.69, 9.17) is 9.47 Å². The smallest absolute Gasteiger partial charge is 0.161 e. The fourth-order valence-electron chi connectivity index (χ4n) is 5.16. The highest BCUT2D eigenvalue weighted by Gasteiger charge is 2.36. The molecule has 0 saturated heterocycles. The average Bonchev–Trinajstić information content (AvgIpc) is 2.80. The molecule has 3 rings (SSSR count). The summed E-state index contributed by atoms with van der Waals surface area (Å²) >= 11 is 0. The van der Waals surface area contributed by atoms with E-state index in [0.717, 1.165) is 37.8 Å². The Morgan fingerprint density at radius 1 is 1.09 bits per heavy atom. The van der Waals surface area contributed by atoms with Gasteiger partial charge in [-0.2, -0.15) is 5.26 Å². The summed E-state index contributed by atoms with van der Waals surface area (Å²) in [5.74, 6) is 1.57. The van der Waals surface area contributed by atoms with Crippen LogP contribution in [-0.4, -0.2) is 38.8 Å². The van der Waals surface area contributed by atoms with Crippen molar-refractivity contribution in [1.29, 1.82) is 5.26 Å². The molecule has 0 bridgehead atoms. The summed E-state index contributed by atoms with van der Waals surface area (Å²) in [5, 5.41) is 10.3. The zero-order valence-corrected chi connectivity index (χ0v) is 20.6. The van der Waals surface area contributed by atoms with Crippen molar-refractivity contribution in [1.82, 2.24) is 4.90 Å². The van der Waals surface area contributed by atoms with Gasteiger partial charge in [-0.25, -0.2) is 0 Å². The van der Waals surface area contributed by atoms with Crippen molar-refractivity contribution in [2.24, 2.45) is 5.92 Å². The molecule has 0 N–H and O–H groups in total. The number of hydrogen-bond donors (Lipinski definition) is 0. The van der Waals surface area contributed by atoms with Crippen molar-refractivity contribution in [3.63, 3.8) is 0 Å². The third-order valence-corrected chi connectivity index (χ3v) is 7.35. The highest BCUT2D eigenvalue weighted by Crippen LogP contribution is 2.40. The van der Waals surface area contributed by atoms with E-state index >= 15 is 0 Å². The van der Waals surface area contributed by atoms with Gasteiger partial charge in [0.05, 0.1) is 25.7 Å². The van der Waals surface area contributed by atoms with Gasteiger partial charge in [0, 0.05) is 6.04 Å². The van der Waals surface area contributed by atoms with Crippen molar-refractivity contribution < 1.29 is 9.47 Å². The van der Waals surface area contributed by atoms with Gasteiger partial charge in [0.15, 0.2) is 11.5 Å². The molecule has 172 valence electrons. The minimum Gasteiger partial charge on any atom is -0.493 e. The Bertz CT molecular complexity index is 962. The number of rotatable bonds is 9. The molecular weight excluding hydrogens is 396 g/mol. The highest BCUT2D eigenvalue weighted by molar-refractivity contribution is 5.47. The Kier molecular flexibility index (Phi) is 7.85. The second kappa shape index (κ2) is 10.4. The molecule has 0 radical (unpaired) electrons. The van der Waals surface area contributed by atoms with E-state index in [9.17, 15) is 5.26 Å². The minimum absolute atomic E-state index is 0.195. The maximum Gasteiger partial charge on any atom is 0.161 e. The van der Waals surface area contributed by atoms with Crippen LogP contribution in [0, 0.1) is 24.2 Å². The maximum atomic E-state index is 10.3. The molecule has 0 aromatic heterocycles. The molecule has 4 heteroatoms. The highest BCUT2D eigenvalue weighted by atomic mass is 16.5. The molecule has 32 heavy (non-hydrogen) atoms. The molecule has 4 nitrogen and oxygen atoms in total. The first-order valence-electron chi connectivity index (χ1n) is 11.8. The SMILES string of the molecule is COc1ccc(C(C#N)(CCCN(C)C2CCc3cc(C)ccc3C2)C(C)C)cc1OC. The number of fused-ring (bicyclic) bond motifs is 1. The lowest BCUT2D eigenvalue weighted by molar-refractivity contribution is 0.209. The Balaban J connectivity index is 1.69. The van der Waals surface area contributed by atoms with Gasteiger partial charge in [-0.15, -0.1) is 0 Å².